The Morgan fingerprint density at radius 1 is 1.31 bits per heavy atom. The first kappa shape index (κ1) is 21.7. The topological polar surface area (TPSA) is 95.6 Å². The molecule has 2 fully saturated rings. The van der Waals surface area contributed by atoms with E-state index in [0.717, 1.165) is 12.8 Å². The van der Waals surface area contributed by atoms with Crippen molar-refractivity contribution >= 4 is 23.8 Å². The Morgan fingerprint density at radius 3 is 2.52 bits per heavy atom. The minimum absolute atomic E-state index is 0.0144. The van der Waals surface area contributed by atoms with Crippen LogP contribution in [0.1, 0.15) is 53.2 Å². The number of nitrogens with zero attached hydrogens (tertiary/aromatic N) is 3. The lowest BCUT2D eigenvalue weighted by atomic mass is 9.92. The highest BCUT2D eigenvalue weighted by atomic mass is 32.2. The molecule has 2 amide bonds. The first-order valence-electron chi connectivity index (χ1n) is 9.96. The molecule has 2 aliphatic rings. The molecule has 29 heavy (non-hydrogen) atoms. The lowest BCUT2D eigenvalue weighted by Gasteiger charge is -2.40. The smallest absolute Gasteiger partial charge is 0.410 e. The average molecular weight is 423 g/mol. The van der Waals surface area contributed by atoms with Gasteiger partial charge in [0.2, 0.25) is 5.91 Å². The third kappa shape index (κ3) is 4.94. The maximum atomic E-state index is 12.6. The average Bonchev–Trinajstić information content (AvgIpc) is 2.91. The third-order valence-corrected chi connectivity index (χ3v) is 6.26. The van der Waals surface area contributed by atoms with Crippen LogP contribution in [-0.4, -0.2) is 68.8 Å². The van der Waals surface area contributed by atoms with Gasteiger partial charge >= 0.3 is 6.09 Å². The number of carbonyl (C=O) groups excluding carboxylic acids is 2. The molecule has 0 unspecified atom stereocenters. The highest BCUT2D eigenvalue weighted by Crippen LogP contribution is 2.30. The van der Waals surface area contributed by atoms with Crippen LogP contribution in [0.5, 0.6) is 0 Å². The third-order valence-electron chi connectivity index (χ3n) is 5.40. The minimum atomic E-state index is -0.306. The summed E-state index contributed by atoms with van der Waals surface area (Å²) in [6.45, 7) is 11.6. The van der Waals surface area contributed by atoms with Crippen molar-refractivity contribution in [1.82, 2.24) is 19.8 Å². The number of rotatable bonds is 4. The van der Waals surface area contributed by atoms with Crippen LogP contribution in [0.15, 0.2) is 16.0 Å². The quantitative estimate of drug-likeness (QED) is 0.591. The summed E-state index contributed by atoms with van der Waals surface area (Å²) in [5.41, 5.74) is -0.0442. The predicted molar refractivity (Wildman–Crippen MR) is 111 cm³/mol. The lowest BCUT2D eigenvalue weighted by molar-refractivity contribution is -0.129. The number of ether oxygens (including phenoxy) is 1. The van der Waals surface area contributed by atoms with Crippen LogP contribution in [0, 0.1) is 0 Å². The predicted octanol–water partition coefficient (Wildman–Crippen LogP) is 2.38. The fraction of sp³-hybridized carbons (Fsp3) is 0.700. The van der Waals surface area contributed by atoms with Gasteiger partial charge in [0.25, 0.3) is 5.56 Å². The van der Waals surface area contributed by atoms with Gasteiger partial charge in [-0.05, 0) is 26.7 Å². The molecule has 1 aromatic heterocycles. The van der Waals surface area contributed by atoms with E-state index in [2.05, 4.69) is 9.97 Å². The highest BCUT2D eigenvalue weighted by molar-refractivity contribution is 7.99. The number of hydrogen-bond acceptors (Lipinski definition) is 6. The van der Waals surface area contributed by atoms with E-state index >= 15 is 0 Å². The van der Waals surface area contributed by atoms with Crippen LogP contribution in [0.3, 0.4) is 0 Å². The minimum Gasteiger partial charge on any atom is -0.447 e. The van der Waals surface area contributed by atoms with E-state index in [-0.39, 0.29) is 40.3 Å². The van der Waals surface area contributed by atoms with Crippen LogP contribution in [0.25, 0.3) is 0 Å². The zero-order valence-corrected chi connectivity index (χ0v) is 18.6. The molecule has 0 saturated carbocycles. The highest BCUT2D eigenvalue weighted by Gasteiger charge is 2.44. The molecule has 0 spiro atoms. The molecule has 3 rings (SSSR count). The Labute approximate surface area is 175 Å². The summed E-state index contributed by atoms with van der Waals surface area (Å²) in [5, 5.41) is 0.465. The van der Waals surface area contributed by atoms with Gasteiger partial charge < -0.3 is 14.6 Å². The van der Waals surface area contributed by atoms with Gasteiger partial charge in [-0.1, -0.05) is 32.5 Å². The molecule has 9 heteroatoms. The first-order valence-corrected chi connectivity index (χ1v) is 10.9. The van der Waals surface area contributed by atoms with E-state index in [9.17, 15) is 14.4 Å². The van der Waals surface area contributed by atoms with Gasteiger partial charge in [0.15, 0.2) is 5.16 Å². The second-order valence-corrected chi connectivity index (χ2v) is 10.3. The molecular formula is C20H30N4O4S. The Balaban J connectivity index is 1.55. The van der Waals surface area contributed by atoms with Crippen molar-refractivity contribution in [2.24, 2.45) is 0 Å². The number of likely N-dealkylation sites (tertiary alicyclic amines) is 1. The number of thioether (sulfide) groups is 1. The SMILES string of the molecule is CC(C)(C)c1cc(=O)[nH]c(SCC(=O)N2CCC(N3C(=O)OCC3(C)C)CC2)n1. The summed E-state index contributed by atoms with van der Waals surface area (Å²) in [6, 6.07) is 1.60. The number of H-pyrrole nitrogens is 1. The van der Waals surface area contributed by atoms with Crippen LogP contribution in [0.2, 0.25) is 0 Å². The van der Waals surface area contributed by atoms with Gasteiger partial charge in [0, 0.05) is 30.6 Å². The van der Waals surface area contributed by atoms with Gasteiger partial charge in [-0.15, -0.1) is 0 Å². The van der Waals surface area contributed by atoms with Crippen molar-refractivity contribution in [3.05, 3.63) is 22.1 Å². The number of amides is 2. The molecule has 0 aliphatic carbocycles. The summed E-state index contributed by atoms with van der Waals surface area (Å²) in [6.07, 6.45) is 1.22. The molecule has 1 N–H and O–H groups in total. The summed E-state index contributed by atoms with van der Waals surface area (Å²) in [7, 11) is 0. The van der Waals surface area contributed by atoms with Crippen molar-refractivity contribution in [2.75, 3.05) is 25.4 Å². The van der Waals surface area contributed by atoms with Crippen LogP contribution >= 0.6 is 11.8 Å². The van der Waals surface area contributed by atoms with E-state index in [1.807, 2.05) is 44.4 Å². The van der Waals surface area contributed by atoms with Crippen molar-refractivity contribution in [1.29, 1.82) is 0 Å². The number of aromatic amines is 1. The van der Waals surface area contributed by atoms with Crippen molar-refractivity contribution in [3.63, 3.8) is 0 Å². The maximum Gasteiger partial charge on any atom is 0.410 e. The van der Waals surface area contributed by atoms with Gasteiger partial charge in [0.05, 0.1) is 17.0 Å². The number of carbonyl (C=O) groups is 2. The van der Waals surface area contributed by atoms with E-state index in [1.54, 1.807) is 0 Å². The van der Waals surface area contributed by atoms with E-state index < -0.39 is 0 Å². The zero-order chi connectivity index (χ0) is 21.4. The van der Waals surface area contributed by atoms with Gasteiger partial charge in [0.1, 0.15) is 6.61 Å². The molecular weight excluding hydrogens is 392 g/mol. The molecule has 0 atom stereocenters. The molecule has 2 saturated heterocycles. The fourth-order valence-electron chi connectivity index (χ4n) is 3.75. The normalized spacial score (nSPS) is 20.1. The molecule has 0 radical (unpaired) electrons. The van der Waals surface area contributed by atoms with Crippen molar-refractivity contribution < 1.29 is 14.3 Å². The first-order chi connectivity index (χ1) is 13.5. The Bertz CT molecular complexity index is 838. The molecule has 3 heterocycles. The Kier molecular flexibility index (Phi) is 5.98. The number of cyclic esters (lactones) is 1. The van der Waals surface area contributed by atoms with E-state index in [4.69, 9.17) is 4.74 Å². The zero-order valence-electron chi connectivity index (χ0n) is 17.8. The largest absolute Gasteiger partial charge is 0.447 e. The van der Waals surface area contributed by atoms with Gasteiger partial charge in [-0.3, -0.25) is 14.5 Å². The lowest BCUT2D eigenvalue weighted by Crippen LogP contribution is -2.53. The van der Waals surface area contributed by atoms with E-state index in [1.165, 1.54) is 17.8 Å². The Morgan fingerprint density at radius 2 is 1.97 bits per heavy atom. The summed E-state index contributed by atoms with van der Waals surface area (Å²) >= 11 is 1.25. The number of aromatic nitrogens is 2. The number of hydrogen-bond donors (Lipinski definition) is 1. The van der Waals surface area contributed by atoms with Crippen LogP contribution in [-0.2, 0) is 14.9 Å². The monoisotopic (exact) mass is 422 g/mol. The second-order valence-electron chi connectivity index (χ2n) is 9.32. The maximum absolute atomic E-state index is 12.6. The Hall–Kier alpha value is -2.03. The molecule has 2 aliphatic heterocycles. The summed E-state index contributed by atoms with van der Waals surface area (Å²) < 4.78 is 5.21. The number of piperidine rings is 1. The van der Waals surface area contributed by atoms with Crippen LogP contribution < -0.4 is 5.56 Å². The number of nitrogens with one attached hydrogen (secondary N) is 1. The summed E-state index contributed by atoms with van der Waals surface area (Å²) in [4.78, 5) is 47.5. The molecule has 8 nitrogen and oxygen atoms in total. The van der Waals surface area contributed by atoms with Gasteiger partial charge in [-0.2, -0.15) is 0 Å². The molecule has 160 valence electrons. The van der Waals surface area contributed by atoms with Crippen LogP contribution in [0.4, 0.5) is 4.79 Å². The summed E-state index contributed by atoms with van der Waals surface area (Å²) in [5.74, 6) is 0.235. The molecule has 0 aromatic carbocycles. The van der Waals surface area contributed by atoms with Gasteiger partial charge in [-0.25, -0.2) is 9.78 Å². The standard InChI is InChI=1S/C20H30N4O4S/c1-19(2,3)14-10-15(25)22-17(21-14)29-11-16(26)23-8-6-13(7-9-23)24-18(27)28-12-20(24,4)5/h10,13H,6-9,11-12H2,1-5H3,(H,21,22,25). The van der Waals surface area contributed by atoms with Crippen molar-refractivity contribution in [2.45, 2.75) is 69.6 Å². The fourth-order valence-corrected chi connectivity index (χ4v) is 4.53. The molecule has 0 bridgehead atoms. The van der Waals surface area contributed by atoms with Crippen molar-refractivity contribution in [3.8, 4) is 0 Å². The molecule has 1 aromatic rings. The second kappa shape index (κ2) is 8.01. The van der Waals surface area contributed by atoms with E-state index in [0.29, 0.717) is 30.5 Å².